The Bertz CT molecular complexity index is 542. The van der Waals surface area contributed by atoms with Gasteiger partial charge in [-0.1, -0.05) is 81.8 Å². The third-order valence-electron chi connectivity index (χ3n) is 4.26. The molecular formula is C23H32F3S+. The van der Waals surface area contributed by atoms with Crippen LogP contribution in [0.5, 0.6) is 0 Å². The van der Waals surface area contributed by atoms with Crippen LogP contribution in [0.15, 0.2) is 70.5 Å². The number of unbranched alkanes of at least 4 members (excludes halogenated alkanes) is 6. The van der Waals surface area contributed by atoms with Crippen LogP contribution in [0, 0.1) is 0 Å². The molecule has 0 atom stereocenters. The Kier molecular flexibility index (Phi) is 12.0. The highest BCUT2D eigenvalue weighted by molar-refractivity contribution is 7.96. The molecule has 150 valence electrons. The number of rotatable bonds is 9. The predicted octanol–water partition coefficient (Wildman–Crippen LogP) is 8.04. The molecule has 0 saturated heterocycles. The Morgan fingerprint density at radius 3 is 1.48 bits per heavy atom. The number of halogens is 3. The summed E-state index contributed by atoms with van der Waals surface area (Å²) in [5, 5.41) is 0. The molecule has 0 spiro atoms. The van der Waals surface area contributed by atoms with E-state index in [1.54, 1.807) is 0 Å². The van der Waals surface area contributed by atoms with Crippen molar-refractivity contribution in [2.45, 2.75) is 74.3 Å². The van der Waals surface area contributed by atoms with Crippen LogP contribution in [0.4, 0.5) is 13.2 Å². The zero-order valence-electron chi connectivity index (χ0n) is 16.5. The maximum Gasteiger partial charge on any atom is 0.389 e. The second-order valence-corrected chi connectivity index (χ2v) is 8.59. The SMILES string of the molecule is CCCCCCCCCC(F)(F)F.C[S+](c1ccccc1)c1ccccc1. The van der Waals surface area contributed by atoms with Gasteiger partial charge in [-0.15, -0.1) is 0 Å². The molecule has 0 N–H and O–H groups in total. The first-order chi connectivity index (χ1) is 12.9. The van der Waals surface area contributed by atoms with Gasteiger partial charge in [0.1, 0.15) is 6.26 Å². The zero-order valence-corrected chi connectivity index (χ0v) is 17.3. The maximum atomic E-state index is 11.7. The molecule has 2 aromatic carbocycles. The van der Waals surface area contributed by atoms with E-state index in [0.29, 0.717) is 6.42 Å². The Hall–Kier alpha value is -1.42. The first-order valence-electron chi connectivity index (χ1n) is 9.77. The predicted molar refractivity (Wildman–Crippen MR) is 111 cm³/mol. The normalized spacial score (nSPS) is 11.2. The summed E-state index contributed by atoms with van der Waals surface area (Å²) in [7, 11) is 0.203. The monoisotopic (exact) mass is 397 g/mol. The molecule has 0 nitrogen and oxygen atoms in total. The molecule has 0 unspecified atom stereocenters. The molecule has 0 aromatic heterocycles. The largest absolute Gasteiger partial charge is 0.389 e. The van der Waals surface area contributed by atoms with Gasteiger partial charge in [-0.2, -0.15) is 13.2 Å². The van der Waals surface area contributed by atoms with Crippen molar-refractivity contribution >= 4 is 10.9 Å². The van der Waals surface area contributed by atoms with E-state index < -0.39 is 12.6 Å². The van der Waals surface area contributed by atoms with E-state index in [1.807, 2.05) is 0 Å². The van der Waals surface area contributed by atoms with Crippen molar-refractivity contribution in [3.8, 4) is 0 Å². The highest BCUT2D eigenvalue weighted by atomic mass is 32.2. The summed E-state index contributed by atoms with van der Waals surface area (Å²) in [4.78, 5) is 2.80. The smallest absolute Gasteiger partial charge is 0.171 e. The summed E-state index contributed by atoms with van der Waals surface area (Å²) in [5.41, 5.74) is 0. The maximum absolute atomic E-state index is 11.7. The highest BCUT2D eigenvalue weighted by Gasteiger charge is 2.25. The summed E-state index contributed by atoms with van der Waals surface area (Å²) in [5.74, 6) is 0. The van der Waals surface area contributed by atoms with Gasteiger partial charge in [-0.3, -0.25) is 0 Å². The summed E-state index contributed by atoms with van der Waals surface area (Å²) < 4.78 is 35.1. The number of benzene rings is 2. The average molecular weight is 398 g/mol. The van der Waals surface area contributed by atoms with E-state index in [9.17, 15) is 13.2 Å². The van der Waals surface area contributed by atoms with Crippen molar-refractivity contribution in [2.24, 2.45) is 0 Å². The van der Waals surface area contributed by atoms with Crippen molar-refractivity contribution in [3.63, 3.8) is 0 Å². The second-order valence-electron chi connectivity index (χ2n) is 6.62. The van der Waals surface area contributed by atoms with Gasteiger partial charge in [0, 0.05) is 6.42 Å². The van der Waals surface area contributed by atoms with Crippen molar-refractivity contribution in [1.29, 1.82) is 0 Å². The van der Waals surface area contributed by atoms with Crippen LogP contribution >= 0.6 is 0 Å². The lowest BCUT2D eigenvalue weighted by atomic mass is 10.1. The van der Waals surface area contributed by atoms with Crippen molar-refractivity contribution in [3.05, 3.63) is 60.7 Å². The summed E-state index contributed by atoms with van der Waals surface area (Å²) in [6, 6.07) is 21.3. The minimum atomic E-state index is -3.95. The molecule has 0 heterocycles. The Labute approximate surface area is 165 Å². The lowest BCUT2D eigenvalue weighted by Crippen LogP contribution is -2.06. The third-order valence-corrected chi connectivity index (χ3v) is 6.22. The van der Waals surface area contributed by atoms with Gasteiger partial charge in [0.05, 0.1) is 10.9 Å². The molecule has 2 rings (SSSR count). The van der Waals surface area contributed by atoms with E-state index in [4.69, 9.17) is 0 Å². The van der Waals surface area contributed by atoms with Crippen LogP contribution < -0.4 is 0 Å². The van der Waals surface area contributed by atoms with E-state index >= 15 is 0 Å². The average Bonchev–Trinajstić information content (AvgIpc) is 2.68. The lowest BCUT2D eigenvalue weighted by Gasteiger charge is -2.05. The molecule has 0 radical (unpaired) electrons. The van der Waals surface area contributed by atoms with Gasteiger partial charge >= 0.3 is 6.18 Å². The topological polar surface area (TPSA) is 0 Å². The van der Waals surface area contributed by atoms with Gasteiger partial charge in [0.2, 0.25) is 0 Å². The number of alkyl halides is 3. The third kappa shape index (κ3) is 11.8. The highest BCUT2D eigenvalue weighted by Crippen LogP contribution is 2.23. The molecule has 0 aliphatic heterocycles. The molecule has 0 aliphatic carbocycles. The minimum absolute atomic E-state index is 0.203. The van der Waals surface area contributed by atoms with E-state index in [0.717, 1.165) is 19.3 Å². The van der Waals surface area contributed by atoms with E-state index in [2.05, 4.69) is 73.8 Å². The van der Waals surface area contributed by atoms with Gasteiger partial charge in [-0.25, -0.2) is 0 Å². The lowest BCUT2D eigenvalue weighted by molar-refractivity contribution is -0.135. The molecule has 2 aromatic rings. The van der Waals surface area contributed by atoms with Gasteiger partial charge in [-0.05, 0) is 30.7 Å². The minimum Gasteiger partial charge on any atom is -0.171 e. The molecule has 4 heteroatoms. The first-order valence-corrected chi connectivity index (χ1v) is 11.4. The Morgan fingerprint density at radius 2 is 1.07 bits per heavy atom. The summed E-state index contributed by atoms with van der Waals surface area (Å²) in [6.45, 7) is 2.13. The van der Waals surface area contributed by atoms with E-state index in [-0.39, 0.29) is 10.9 Å². The molecule has 0 saturated carbocycles. The Morgan fingerprint density at radius 1 is 0.667 bits per heavy atom. The molecule has 0 bridgehead atoms. The molecule has 0 fully saturated rings. The van der Waals surface area contributed by atoms with Crippen molar-refractivity contribution in [1.82, 2.24) is 0 Å². The summed E-state index contributed by atoms with van der Waals surface area (Å²) >= 11 is 0. The first kappa shape index (κ1) is 23.6. The fourth-order valence-corrected chi connectivity index (χ4v) is 4.07. The van der Waals surface area contributed by atoms with E-state index in [1.165, 1.54) is 29.1 Å². The van der Waals surface area contributed by atoms with Crippen LogP contribution in [0.2, 0.25) is 0 Å². The van der Waals surface area contributed by atoms with Crippen molar-refractivity contribution < 1.29 is 13.2 Å². The number of hydrogen-bond donors (Lipinski definition) is 0. The van der Waals surface area contributed by atoms with Gasteiger partial charge < -0.3 is 0 Å². The number of hydrogen-bond acceptors (Lipinski definition) is 0. The molecule has 27 heavy (non-hydrogen) atoms. The molecular weight excluding hydrogens is 365 g/mol. The van der Waals surface area contributed by atoms with Crippen LogP contribution in [0.1, 0.15) is 58.3 Å². The molecule has 0 aliphatic rings. The zero-order chi connectivity index (χ0) is 20.0. The Balaban J connectivity index is 0.000000271. The fourth-order valence-electron chi connectivity index (χ4n) is 2.67. The van der Waals surface area contributed by atoms with Crippen LogP contribution in [0.3, 0.4) is 0 Å². The fraction of sp³-hybridized carbons (Fsp3) is 0.478. The molecule has 0 amide bonds. The van der Waals surface area contributed by atoms with Gasteiger partial charge in [0.25, 0.3) is 0 Å². The van der Waals surface area contributed by atoms with Crippen LogP contribution in [-0.4, -0.2) is 12.4 Å². The van der Waals surface area contributed by atoms with Crippen molar-refractivity contribution in [2.75, 3.05) is 6.26 Å². The van der Waals surface area contributed by atoms with Crippen LogP contribution in [0.25, 0.3) is 0 Å². The van der Waals surface area contributed by atoms with Gasteiger partial charge in [0.15, 0.2) is 9.79 Å². The summed E-state index contributed by atoms with van der Waals surface area (Å²) in [6.07, 6.45) is 4.33. The second kappa shape index (κ2) is 13.7. The standard InChI is InChI=1S/C13H13S.C10H19F3/c1-14(12-8-4-2-5-9-12)13-10-6-3-7-11-13;1-2-3-4-5-6-7-8-9-10(11,12)13/h2-11H,1H3;2-9H2,1H3/q+1;. The van der Waals surface area contributed by atoms with Crippen LogP contribution in [-0.2, 0) is 10.9 Å². The quantitative estimate of drug-likeness (QED) is 0.297.